The van der Waals surface area contributed by atoms with E-state index < -0.39 is 36.2 Å². The molecular formula is C16H15F4N5O2. The fourth-order valence-electron chi connectivity index (χ4n) is 3.54. The van der Waals surface area contributed by atoms with Crippen LogP contribution in [-0.2, 0) is 6.54 Å². The Labute approximate surface area is 150 Å². The summed E-state index contributed by atoms with van der Waals surface area (Å²) in [5.41, 5.74) is 6.50. The lowest BCUT2D eigenvalue weighted by atomic mass is 9.86. The third kappa shape index (κ3) is 2.95. The van der Waals surface area contributed by atoms with Crippen LogP contribution in [0.4, 0.5) is 17.6 Å². The van der Waals surface area contributed by atoms with Crippen molar-refractivity contribution in [2.75, 3.05) is 0 Å². The monoisotopic (exact) mass is 385 g/mol. The van der Waals surface area contributed by atoms with Crippen LogP contribution in [0.25, 0.3) is 11.5 Å². The summed E-state index contributed by atoms with van der Waals surface area (Å²) in [4.78, 5) is 18.2. The predicted octanol–water partition coefficient (Wildman–Crippen LogP) is 2.54. The molecule has 1 fully saturated rings. The van der Waals surface area contributed by atoms with Gasteiger partial charge in [0.05, 0.1) is 35.4 Å². The molecule has 2 aliphatic rings. The Morgan fingerprint density at radius 2 is 2.11 bits per heavy atom. The molecule has 1 amide bonds. The van der Waals surface area contributed by atoms with Crippen LogP contribution in [0.15, 0.2) is 16.7 Å². The zero-order valence-corrected chi connectivity index (χ0v) is 13.9. The maximum absolute atomic E-state index is 13.9. The molecule has 0 radical (unpaired) electrons. The Morgan fingerprint density at radius 3 is 2.81 bits per heavy atom. The molecule has 0 saturated heterocycles. The summed E-state index contributed by atoms with van der Waals surface area (Å²) in [6, 6.07) is -0.860. The van der Waals surface area contributed by atoms with Gasteiger partial charge in [0.15, 0.2) is 0 Å². The molecule has 11 heteroatoms. The maximum Gasteiger partial charge on any atom is 0.314 e. The van der Waals surface area contributed by atoms with Crippen molar-refractivity contribution in [3.8, 4) is 11.5 Å². The van der Waals surface area contributed by atoms with E-state index in [1.165, 1.54) is 17.2 Å². The maximum atomic E-state index is 13.9. The van der Waals surface area contributed by atoms with Crippen LogP contribution < -0.4 is 5.73 Å². The first-order valence-corrected chi connectivity index (χ1v) is 8.33. The highest BCUT2D eigenvalue weighted by Gasteiger charge is 2.49. The zero-order valence-electron chi connectivity index (χ0n) is 13.9. The molecule has 2 atom stereocenters. The third-order valence-corrected chi connectivity index (χ3v) is 4.97. The minimum absolute atomic E-state index is 0.0645. The predicted molar refractivity (Wildman–Crippen MR) is 82.9 cm³/mol. The summed E-state index contributed by atoms with van der Waals surface area (Å²) >= 11 is 0. The van der Waals surface area contributed by atoms with Crippen LogP contribution in [0.1, 0.15) is 47.6 Å². The Balaban J connectivity index is 1.61. The first kappa shape index (κ1) is 17.8. The second-order valence-corrected chi connectivity index (χ2v) is 6.64. The molecule has 1 aliphatic carbocycles. The third-order valence-electron chi connectivity index (χ3n) is 4.97. The fourth-order valence-corrected chi connectivity index (χ4v) is 3.54. The van der Waals surface area contributed by atoms with Crippen LogP contribution in [0, 0.1) is 0 Å². The molecule has 0 aromatic carbocycles. The van der Waals surface area contributed by atoms with E-state index in [4.69, 9.17) is 10.2 Å². The highest BCUT2D eigenvalue weighted by Crippen LogP contribution is 2.38. The molecule has 2 aromatic heterocycles. The van der Waals surface area contributed by atoms with E-state index in [1.54, 1.807) is 0 Å². The largest absolute Gasteiger partial charge is 0.415 e. The summed E-state index contributed by atoms with van der Waals surface area (Å²) < 4.78 is 57.9. The van der Waals surface area contributed by atoms with Crippen molar-refractivity contribution >= 4 is 5.91 Å². The summed E-state index contributed by atoms with van der Waals surface area (Å²) in [6.45, 7) is 0.0645. The van der Waals surface area contributed by atoms with E-state index in [-0.39, 0.29) is 36.4 Å². The minimum atomic E-state index is -3.04. The average molecular weight is 385 g/mol. The molecule has 144 valence electrons. The van der Waals surface area contributed by atoms with Crippen LogP contribution in [0.3, 0.4) is 0 Å². The number of carbonyl (C=O) groups excluding carboxylic acids is 1. The SMILES string of the molecule is N[C@H]1[C@H](N2Cc3ncc(-c4nnc(C(F)F)o4)cc3C2=O)CCCC1(F)F. The van der Waals surface area contributed by atoms with E-state index in [9.17, 15) is 22.4 Å². The fraction of sp³-hybridized carbons (Fsp3) is 0.500. The normalized spacial score (nSPS) is 24.5. The Hall–Kier alpha value is -2.56. The van der Waals surface area contributed by atoms with E-state index >= 15 is 0 Å². The molecule has 1 aliphatic heterocycles. The van der Waals surface area contributed by atoms with Gasteiger partial charge in [0.1, 0.15) is 0 Å². The molecule has 7 nitrogen and oxygen atoms in total. The number of aromatic nitrogens is 3. The van der Waals surface area contributed by atoms with Crippen LogP contribution in [-0.4, -0.2) is 44.0 Å². The molecule has 27 heavy (non-hydrogen) atoms. The molecule has 0 bridgehead atoms. The zero-order chi connectivity index (χ0) is 19.3. The molecule has 1 saturated carbocycles. The quantitative estimate of drug-likeness (QED) is 0.816. The first-order valence-electron chi connectivity index (χ1n) is 8.33. The molecule has 0 unspecified atom stereocenters. The molecular weight excluding hydrogens is 370 g/mol. The van der Waals surface area contributed by atoms with E-state index in [0.717, 1.165) is 0 Å². The van der Waals surface area contributed by atoms with Crippen molar-refractivity contribution < 1.29 is 26.8 Å². The molecule has 2 N–H and O–H groups in total. The number of halogens is 4. The van der Waals surface area contributed by atoms with Gasteiger partial charge in [-0.25, -0.2) is 8.78 Å². The van der Waals surface area contributed by atoms with Crippen molar-refractivity contribution in [1.82, 2.24) is 20.1 Å². The molecule has 0 spiro atoms. The number of rotatable bonds is 3. The van der Waals surface area contributed by atoms with Gasteiger partial charge in [0.25, 0.3) is 17.7 Å². The Morgan fingerprint density at radius 1 is 1.33 bits per heavy atom. The minimum Gasteiger partial charge on any atom is -0.415 e. The van der Waals surface area contributed by atoms with Gasteiger partial charge >= 0.3 is 6.43 Å². The van der Waals surface area contributed by atoms with Gasteiger partial charge in [0.2, 0.25) is 5.89 Å². The lowest BCUT2D eigenvalue weighted by Crippen LogP contribution is -2.58. The summed E-state index contributed by atoms with van der Waals surface area (Å²) in [5.74, 6) is -4.56. The number of pyridine rings is 1. The van der Waals surface area contributed by atoms with Gasteiger partial charge in [-0.15, -0.1) is 10.2 Å². The van der Waals surface area contributed by atoms with Crippen LogP contribution in [0.5, 0.6) is 0 Å². The summed E-state index contributed by atoms with van der Waals surface area (Å²) in [7, 11) is 0. The van der Waals surface area contributed by atoms with Gasteiger partial charge in [-0.2, -0.15) is 8.78 Å². The van der Waals surface area contributed by atoms with Crippen LogP contribution in [0.2, 0.25) is 0 Å². The highest BCUT2D eigenvalue weighted by molar-refractivity contribution is 5.99. The van der Waals surface area contributed by atoms with Gasteiger partial charge < -0.3 is 15.1 Å². The lowest BCUT2D eigenvalue weighted by Gasteiger charge is -2.40. The lowest BCUT2D eigenvalue weighted by molar-refractivity contribution is -0.0778. The highest BCUT2D eigenvalue weighted by atomic mass is 19.3. The smallest absolute Gasteiger partial charge is 0.314 e. The van der Waals surface area contributed by atoms with Crippen molar-refractivity contribution in [3.63, 3.8) is 0 Å². The number of hydrogen-bond acceptors (Lipinski definition) is 6. The second kappa shape index (κ2) is 6.25. The van der Waals surface area contributed by atoms with E-state index in [0.29, 0.717) is 12.1 Å². The topological polar surface area (TPSA) is 98.1 Å². The Bertz CT molecular complexity index is 887. The number of nitrogens with zero attached hydrogens (tertiary/aromatic N) is 4. The number of alkyl halides is 4. The van der Waals surface area contributed by atoms with Gasteiger partial charge in [-0.1, -0.05) is 0 Å². The van der Waals surface area contributed by atoms with Gasteiger partial charge in [-0.05, 0) is 18.9 Å². The van der Waals surface area contributed by atoms with Gasteiger partial charge in [-0.3, -0.25) is 9.78 Å². The van der Waals surface area contributed by atoms with Crippen LogP contribution >= 0.6 is 0 Å². The molecule has 4 rings (SSSR count). The standard InChI is InChI=1S/C16H15F4N5O2/c17-12(18)14-24-23-13(27-14)7-4-8-9(22-5-7)6-25(15(8)26)10-2-1-3-16(19,20)11(10)21/h4-5,10-12H,1-3,6,21H2/t10-,11+/m1/s1. The van der Waals surface area contributed by atoms with Crippen molar-refractivity contribution in [3.05, 3.63) is 29.4 Å². The Kier molecular flexibility index (Phi) is 4.13. The van der Waals surface area contributed by atoms with Crippen molar-refractivity contribution in [2.45, 2.75) is 50.2 Å². The molecule has 3 heterocycles. The molecule has 2 aromatic rings. The number of hydrogen-bond donors (Lipinski definition) is 1. The second-order valence-electron chi connectivity index (χ2n) is 6.64. The van der Waals surface area contributed by atoms with Gasteiger partial charge in [0, 0.05) is 12.6 Å². The first-order chi connectivity index (χ1) is 12.8. The number of nitrogens with two attached hydrogens (primary N) is 1. The number of carbonyl (C=O) groups is 1. The van der Waals surface area contributed by atoms with Crippen molar-refractivity contribution in [1.29, 1.82) is 0 Å². The van der Waals surface area contributed by atoms with Crippen molar-refractivity contribution in [2.24, 2.45) is 5.73 Å². The average Bonchev–Trinajstić information content (AvgIpc) is 3.23. The number of amides is 1. The summed E-state index contributed by atoms with van der Waals surface area (Å²) in [6.07, 6.45) is -1.26. The summed E-state index contributed by atoms with van der Waals surface area (Å²) in [5, 5.41) is 6.75. The van der Waals surface area contributed by atoms with E-state index in [1.807, 2.05) is 0 Å². The van der Waals surface area contributed by atoms with E-state index in [2.05, 4.69) is 15.2 Å². The number of fused-ring (bicyclic) bond motifs is 1.